The zero-order chi connectivity index (χ0) is 13.1. The molecular weight excluding hydrogens is 246 g/mol. The van der Waals surface area contributed by atoms with E-state index in [4.69, 9.17) is 4.74 Å². The molecule has 94 valence electrons. The molecule has 2 N–H and O–H groups in total. The van der Waals surface area contributed by atoms with E-state index in [0.29, 0.717) is 6.07 Å². The summed E-state index contributed by atoms with van der Waals surface area (Å²) in [7, 11) is 0. The molecule has 0 spiro atoms. The maximum atomic E-state index is 12.8. The van der Waals surface area contributed by atoms with Gasteiger partial charge in [-0.1, -0.05) is 0 Å². The normalized spacial score (nSPS) is 10.3. The molecule has 5 nitrogen and oxygen atoms in total. The molecule has 0 unspecified atom stereocenters. The molecule has 0 radical (unpaired) electrons. The summed E-state index contributed by atoms with van der Waals surface area (Å²) in [5.74, 6) is -1.54. The van der Waals surface area contributed by atoms with Gasteiger partial charge in [-0.05, 0) is 0 Å². The molecule has 0 bridgehead atoms. The van der Waals surface area contributed by atoms with E-state index in [1.54, 1.807) is 0 Å². The van der Waals surface area contributed by atoms with Crippen molar-refractivity contribution in [1.29, 1.82) is 0 Å². The minimum atomic E-state index is -0.782. The van der Waals surface area contributed by atoms with E-state index in [2.05, 4.69) is 10.2 Å². The number of H-pyrrole nitrogens is 2. The van der Waals surface area contributed by atoms with Crippen molar-refractivity contribution in [3.05, 3.63) is 62.2 Å². The van der Waals surface area contributed by atoms with Crippen molar-refractivity contribution in [3.8, 4) is 5.75 Å². The summed E-state index contributed by atoms with van der Waals surface area (Å²) in [5, 5.41) is 4.53. The van der Waals surface area contributed by atoms with Crippen LogP contribution in [-0.4, -0.2) is 10.2 Å². The molecule has 0 aliphatic carbocycles. The van der Waals surface area contributed by atoms with Gasteiger partial charge in [0.1, 0.15) is 24.0 Å². The van der Waals surface area contributed by atoms with Gasteiger partial charge in [-0.25, -0.2) is 8.78 Å². The van der Waals surface area contributed by atoms with Crippen LogP contribution in [0.3, 0.4) is 0 Å². The third-order valence-corrected chi connectivity index (χ3v) is 2.10. The number of aromatic nitrogens is 2. The molecule has 0 aliphatic rings. The summed E-state index contributed by atoms with van der Waals surface area (Å²) < 4.78 is 30.8. The molecular formula is C11H8F2N2O3. The van der Waals surface area contributed by atoms with E-state index in [9.17, 15) is 18.4 Å². The lowest BCUT2D eigenvalue weighted by molar-refractivity contribution is 0.296. The van der Waals surface area contributed by atoms with Crippen LogP contribution in [0.5, 0.6) is 5.75 Å². The Morgan fingerprint density at radius 2 is 1.67 bits per heavy atom. The molecule has 0 aliphatic heterocycles. The van der Waals surface area contributed by atoms with Crippen LogP contribution in [0.1, 0.15) is 5.69 Å². The van der Waals surface area contributed by atoms with Gasteiger partial charge in [-0.2, -0.15) is 0 Å². The van der Waals surface area contributed by atoms with Crippen molar-refractivity contribution in [2.75, 3.05) is 0 Å². The average Bonchev–Trinajstić information content (AvgIpc) is 2.29. The second kappa shape index (κ2) is 4.82. The van der Waals surface area contributed by atoms with Gasteiger partial charge < -0.3 is 4.74 Å². The highest BCUT2D eigenvalue weighted by Gasteiger charge is 2.03. The molecule has 0 amide bonds. The maximum Gasteiger partial charge on any atom is 0.310 e. The number of nitrogens with one attached hydrogen (secondary N) is 2. The second-order valence-corrected chi connectivity index (χ2v) is 3.51. The van der Waals surface area contributed by atoms with E-state index in [1.807, 2.05) is 0 Å². The van der Waals surface area contributed by atoms with Crippen LogP contribution in [0, 0.1) is 11.6 Å². The van der Waals surface area contributed by atoms with Gasteiger partial charge in [0.2, 0.25) is 5.43 Å². The van der Waals surface area contributed by atoms with Crippen LogP contribution in [0.4, 0.5) is 8.78 Å². The van der Waals surface area contributed by atoms with Crippen molar-refractivity contribution in [2.24, 2.45) is 0 Å². The smallest absolute Gasteiger partial charge is 0.310 e. The highest BCUT2D eigenvalue weighted by Crippen LogP contribution is 2.16. The lowest BCUT2D eigenvalue weighted by Crippen LogP contribution is -2.28. The molecule has 0 fully saturated rings. The van der Waals surface area contributed by atoms with E-state index in [0.717, 1.165) is 18.2 Å². The molecule has 0 atom stereocenters. The van der Waals surface area contributed by atoms with Gasteiger partial charge in [0, 0.05) is 24.3 Å². The van der Waals surface area contributed by atoms with Crippen LogP contribution < -0.4 is 15.7 Å². The molecule has 1 aromatic heterocycles. The molecule has 18 heavy (non-hydrogen) atoms. The van der Waals surface area contributed by atoms with Gasteiger partial charge in [-0.15, -0.1) is 0 Å². The highest BCUT2D eigenvalue weighted by molar-refractivity contribution is 5.24. The fourth-order valence-electron chi connectivity index (χ4n) is 1.31. The van der Waals surface area contributed by atoms with Crippen molar-refractivity contribution < 1.29 is 13.5 Å². The first kappa shape index (κ1) is 12.0. The fourth-order valence-corrected chi connectivity index (χ4v) is 1.31. The monoisotopic (exact) mass is 254 g/mol. The van der Waals surface area contributed by atoms with Crippen LogP contribution in [0.2, 0.25) is 0 Å². The number of ether oxygens (including phenoxy) is 1. The third-order valence-electron chi connectivity index (χ3n) is 2.10. The summed E-state index contributed by atoms with van der Waals surface area (Å²) in [5.41, 5.74) is -1.22. The van der Waals surface area contributed by atoms with E-state index in [1.165, 1.54) is 0 Å². The number of aromatic amines is 2. The molecule has 0 saturated carbocycles. The lowest BCUT2D eigenvalue weighted by Gasteiger charge is -2.06. The SMILES string of the molecule is O=c1cc(COc2cc(F)cc(F)c2)[nH][nH]c1=O. The predicted molar refractivity (Wildman–Crippen MR) is 58.4 cm³/mol. The summed E-state index contributed by atoms with van der Waals surface area (Å²) in [4.78, 5) is 21.8. The minimum Gasteiger partial charge on any atom is -0.487 e. The number of benzene rings is 1. The van der Waals surface area contributed by atoms with Crippen LogP contribution in [0.25, 0.3) is 0 Å². The number of rotatable bonds is 3. The average molecular weight is 254 g/mol. The Hall–Kier alpha value is -2.44. The van der Waals surface area contributed by atoms with Crippen LogP contribution in [-0.2, 0) is 6.61 Å². The predicted octanol–water partition coefficient (Wildman–Crippen LogP) is 0.920. The van der Waals surface area contributed by atoms with E-state index in [-0.39, 0.29) is 18.1 Å². The van der Waals surface area contributed by atoms with Crippen LogP contribution in [0.15, 0.2) is 33.9 Å². The summed E-state index contributed by atoms with van der Waals surface area (Å²) in [6.07, 6.45) is 0. The Bertz CT molecular complexity index is 658. The summed E-state index contributed by atoms with van der Waals surface area (Å²) in [6.45, 7) is -0.130. The van der Waals surface area contributed by atoms with Crippen molar-refractivity contribution >= 4 is 0 Å². The van der Waals surface area contributed by atoms with Gasteiger partial charge in [0.25, 0.3) is 0 Å². The number of hydrogen-bond donors (Lipinski definition) is 2. The first-order chi connectivity index (χ1) is 8.54. The second-order valence-electron chi connectivity index (χ2n) is 3.51. The molecule has 2 aromatic rings. The molecule has 2 rings (SSSR count). The quantitative estimate of drug-likeness (QED) is 0.800. The van der Waals surface area contributed by atoms with E-state index < -0.39 is 22.6 Å². The maximum absolute atomic E-state index is 12.8. The third kappa shape index (κ3) is 2.82. The first-order valence-electron chi connectivity index (χ1n) is 4.94. The zero-order valence-electron chi connectivity index (χ0n) is 9.00. The Morgan fingerprint density at radius 3 is 2.28 bits per heavy atom. The molecule has 1 heterocycles. The molecule has 0 saturated heterocycles. The first-order valence-corrected chi connectivity index (χ1v) is 4.94. The minimum absolute atomic E-state index is 0.0143. The van der Waals surface area contributed by atoms with Crippen LogP contribution >= 0.6 is 0 Å². The highest BCUT2D eigenvalue weighted by atomic mass is 19.1. The van der Waals surface area contributed by atoms with Crippen molar-refractivity contribution in [2.45, 2.75) is 6.61 Å². The standard InChI is InChI=1S/C11H8F2N2O3/c12-6-1-7(13)3-9(2-6)18-5-8-4-10(16)11(17)15-14-8/h1-4H,5H2,(H,14,16)(H,15,17). The molecule has 7 heteroatoms. The largest absolute Gasteiger partial charge is 0.487 e. The Labute approximate surface area is 99.0 Å². The zero-order valence-corrected chi connectivity index (χ0v) is 9.00. The van der Waals surface area contributed by atoms with Gasteiger partial charge in [0.15, 0.2) is 0 Å². The Balaban J connectivity index is 2.13. The Kier molecular flexibility index (Phi) is 3.22. The van der Waals surface area contributed by atoms with Crippen molar-refractivity contribution in [1.82, 2.24) is 10.2 Å². The molecule has 1 aromatic carbocycles. The van der Waals surface area contributed by atoms with Gasteiger partial charge in [0.05, 0.1) is 5.69 Å². The number of halogens is 2. The van der Waals surface area contributed by atoms with E-state index >= 15 is 0 Å². The van der Waals surface area contributed by atoms with Gasteiger partial charge in [-0.3, -0.25) is 19.8 Å². The fraction of sp³-hybridized carbons (Fsp3) is 0.0909. The lowest BCUT2D eigenvalue weighted by atomic mass is 10.3. The topological polar surface area (TPSA) is 75.0 Å². The summed E-state index contributed by atoms with van der Waals surface area (Å²) >= 11 is 0. The summed E-state index contributed by atoms with van der Waals surface area (Å²) in [6, 6.07) is 3.78. The Morgan fingerprint density at radius 1 is 1.00 bits per heavy atom. The van der Waals surface area contributed by atoms with Crippen molar-refractivity contribution in [3.63, 3.8) is 0 Å². The number of hydrogen-bond acceptors (Lipinski definition) is 3. The van der Waals surface area contributed by atoms with Gasteiger partial charge >= 0.3 is 5.56 Å².